The number of esters is 3. The van der Waals surface area contributed by atoms with Gasteiger partial charge in [0, 0.05) is 62.2 Å². The lowest BCUT2D eigenvalue weighted by molar-refractivity contribution is -0.155. The van der Waals surface area contributed by atoms with Crippen LogP contribution in [0.25, 0.3) is 0 Å². The molecule has 1 N–H and O–H groups in total. The Morgan fingerprint density at radius 3 is 2.00 bits per heavy atom. The minimum atomic E-state index is -1.12. The second kappa shape index (κ2) is 27.4. The summed E-state index contributed by atoms with van der Waals surface area (Å²) in [6, 6.07) is 0. The molecule has 1 heterocycles. The number of rotatable bonds is 32. The van der Waals surface area contributed by atoms with Gasteiger partial charge < -0.3 is 33.5 Å². The Labute approximate surface area is 377 Å². The third kappa shape index (κ3) is 29.2. The van der Waals surface area contributed by atoms with Gasteiger partial charge in [0.15, 0.2) is 6.29 Å². The van der Waals surface area contributed by atoms with E-state index in [1.165, 1.54) is 0 Å². The molecule has 0 spiro atoms. The van der Waals surface area contributed by atoms with Crippen LogP contribution in [0.4, 0.5) is 0 Å². The van der Waals surface area contributed by atoms with Crippen molar-refractivity contribution in [1.29, 1.82) is 0 Å². The molecule has 0 aliphatic carbocycles. The molecule has 14 nitrogen and oxygen atoms in total. The Balaban J connectivity index is 2.71. The van der Waals surface area contributed by atoms with E-state index < -0.39 is 12.3 Å². The molecule has 16 heteroatoms. The summed E-state index contributed by atoms with van der Waals surface area (Å²) in [5, 5.41) is 19.4. The maximum atomic E-state index is 12.7. The fourth-order valence-electron chi connectivity index (χ4n) is 6.11. The maximum Gasteiger partial charge on any atom is 0.309 e. The third-order valence-corrected chi connectivity index (χ3v) is 13.0. The second-order valence-corrected chi connectivity index (χ2v) is 23.2. The molecular formula is C45H84N4O10S2. The Hall–Kier alpha value is -1.95. The molecule has 356 valence electrons. The zero-order valence-electron chi connectivity index (χ0n) is 40.6. The first-order valence-corrected chi connectivity index (χ1v) is 24.1. The summed E-state index contributed by atoms with van der Waals surface area (Å²) in [6.45, 7) is 31.7. The highest BCUT2D eigenvalue weighted by Gasteiger charge is 2.28. The van der Waals surface area contributed by atoms with Gasteiger partial charge in [0.2, 0.25) is 0 Å². The van der Waals surface area contributed by atoms with Gasteiger partial charge in [-0.1, -0.05) is 74.5 Å². The lowest BCUT2D eigenvalue weighted by Crippen LogP contribution is -2.31. The van der Waals surface area contributed by atoms with E-state index in [-0.39, 0.29) is 89.8 Å². The lowest BCUT2D eigenvalue weighted by Gasteiger charge is -2.32. The van der Waals surface area contributed by atoms with Crippen molar-refractivity contribution in [3.05, 3.63) is 11.9 Å². The number of hydrogen-bond acceptors (Lipinski definition) is 15. The van der Waals surface area contributed by atoms with Crippen LogP contribution in [0.1, 0.15) is 135 Å². The fourth-order valence-corrected chi connectivity index (χ4v) is 8.71. The van der Waals surface area contributed by atoms with E-state index in [1.54, 1.807) is 35.3 Å². The average molecular weight is 905 g/mol. The molecule has 0 radical (unpaired) electrons. The summed E-state index contributed by atoms with van der Waals surface area (Å²) in [7, 11) is 1.70. The quantitative estimate of drug-likeness (QED) is 0.0322. The van der Waals surface area contributed by atoms with Crippen LogP contribution in [0.5, 0.6) is 0 Å². The van der Waals surface area contributed by atoms with E-state index in [4.69, 9.17) is 28.4 Å². The van der Waals surface area contributed by atoms with Crippen molar-refractivity contribution in [2.75, 3.05) is 70.5 Å². The molecule has 0 aromatic carbocycles. The first-order chi connectivity index (χ1) is 28.1. The highest BCUT2D eigenvalue weighted by Crippen LogP contribution is 2.37. The number of aliphatic hydroxyl groups excluding tert-OH is 1. The van der Waals surface area contributed by atoms with Gasteiger partial charge in [0.25, 0.3) is 0 Å². The van der Waals surface area contributed by atoms with Crippen molar-refractivity contribution < 1.29 is 47.9 Å². The summed E-state index contributed by atoms with van der Waals surface area (Å²) in [6.07, 6.45) is 3.59. The van der Waals surface area contributed by atoms with Crippen molar-refractivity contribution in [2.45, 2.75) is 164 Å². The Bertz CT molecular complexity index is 1410. The first kappa shape index (κ1) is 57.1. The second-order valence-electron chi connectivity index (χ2n) is 20.4. The van der Waals surface area contributed by atoms with Gasteiger partial charge in [-0.2, -0.15) is 23.5 Å². The fraction of sp³-hybridized carbons (Fsp3) is 0.889. The van der Waals surface area contributed by atoms with E-state index in [0.717, 1.165) is 25.0 Å². The Kier molecular flexibility index (Phi) is 25.6. The normalized spacial score (nSPS) is 14.5. The van der Waals surface area contributed by atoms with Crippen molar-refractivity contribution >= 4 is 41.4 Å². The Morgan fingerprint density at radius 1 is 0.787 bits per heavy atom. The molecule has 0 amide bonds. The molecule has 3 atom stereocenters. The van der Waals surface area contributed by atoms with Crippen molar-refractivity contribution in [3.63, 3.8) is 0 Å². The van der Waals surface area contributed by atoms with Crippen molar-refractivity contribution in [2.24, 2.45) is 22.7 Å². The van der Waals surface area contributed by atoms with Crippen LogP contribution in [0.15, 0.2) is 6.20 Å². The molecule has 0 bridgehead atoms. The SMILES string of the molecule is COC(C)(C)CCOC(C)(C)CCn1cc(CN(CCC(=O)OCCOC(=O)C(C)CSCC(C)(C)C)CCC(O)OCCOC(=O)C(C)CSC(C)(C)CC(C)(C)C)nn1. The van der Waals surface area contributed by atoms with Crippen LogP contribution < -0.4 is 0 Å². The summed E-state index contributed by atoms with van der Waals surface area (Å²) >= 11 is 3.50. The van der Waals surface area contributed by atoms with Gasteiger partial charge in [-0.05, 0) is 63.5 Å². The molecule has 0 saturated heterocycles. The van der Waals surface area contributed by atoms with E-state index >= 15 is 0 Å². The van der Waals surface area contributed by atoms with Gasteiger partial charge in [-0.15, -0.1) is 5.10 Å². The number of methoxy groups -OCH3 is 1. The summed E-state index contributed by atoms with van der Waals surface area (Å²) in [5.74, 6) is 0.725. The number of aromatic nitrogens is 3. The van der Waals surface area contributed by atoms with Gasteiger partial charge in [-0.25, -0.2) is 0 Å². The molecule has 3 unspecified atom stereocenters. The number of aryl methyl sites for hydroxylation is 1. The van der Waals surface area contributed by atoms with Crippen LogP contribution in [-0.2, 0) is 55.9 Å². The molecule has 1 aromatic rings. The average Bonchev–Trinajstić information content (AvgIpc) is 3.59. The number of thioether (sulfide) groups is 2. The molecule has 1 rings (SSSR count). The summed E-state index contributed by atoms with van der Waals surface area (Å²) in [5.41, 5.74) is 0.446. The van der Waals surface area contributed by atoms with Crippen molar-refractivity contribution in [1.82, 2.24) is 19.9 Å². The van der Waals surface area contributed by atoms with Crippen LogP contribution in [0.2, 0.25) is 0 Å². The molecule has 0 aliphatic heterocycles. The Morgan fingerprint density at radius 2 is 1.39 bits per heavy atom. The van der Waals surface area contributed by atoms with Crippen LogP contribution in [-0.4, -0.2) is 136 Å². The number of aliphatic hydroxyl groups is 1. The highest BCUT2D eigenvalue weighted by atomic mass is 32.2. The molecule has 0 fully saturated rings. The zero-order chi connectivity index (χ0) is 46.5. The standard InChI is InChI=1S/C45H84N4O10S2/c1-34(30-60-33-42(6,7)8)39(52)57-26-24-55-37(50)16-20-48(28-36-29-49(47-46-36)22-18-44(11,12)59-23-19-43(9,10)54-15)21-17-38(51)56-25-27-58-40(53)35(2)31-61-45(13,14)32-41(3,4)5/h29,34-35,38,51H,16-28,30-33H2,1-15H3. The molecule has 61 heavy (non-hydrogen) atoms. The minimum absolute atomic E-state index is 0.00893. The first-order valence-electron chi connectivity index (χ1n) is 21.9. The highest BCUT2D eigenvalue weighted by molar-refractivity contribution is 8.00. The van der Waals surface area contributed by atoms with Crippen LogP contribution in [0, 0.1) is 22.7 Å². The van der Waals surface area contributed by atoms with Crippen molar-refractivity contribution in [3.8, 4) is 0 Å². The molecule has 0 aliphatic rings. The van der Waals surface area contributed by atoms with E-state index in [0.29, 0.717) is 50.0 Å². The molecule has 1 aromatic heterocycles. The van der Waals surface area contributed by atoms with E-state index in [9.17, 15) is 19.5 Å². The largest absolute Gasteiger partial charge is 0.463 e. The van der Waals surface area contributed by atoms with Crippen LogP contribution >= 0.6 is 23.5 Å². The monoisotopic (exact) mass is 905 g/mol. The van der Waals surface area contributed by atoms with Gasteiger partial charge in [0.05, 0.1) is 48.4 Å². The number of carbonyl (C=O) groups is 3. The van der Waals surface area contributed by atoms with Gasteiger partial charge in [0.1, 0.15) is 19.8 Å². The lowest BCUT2D eigenvalue weighted by atomic mass is 9.86. The predicted molar refractivity (Wildman–Crippen MR) is 245 cm³/mol. The van der Waals surface area contributed by atoms with E-state index in [1.807, 2.05) is 38.8 Å². The van der Waals surface area contributed by atoms with Gasteiger partial charge in [-0.3, -0.25) is 24.0 Å². The number of nitrogens with zero attached hydrogens (tertiary/aromatic N) is 4. The number of carbonyl (C=O) groups excluding carboxylic acids is 3. The zero-order valence-corrected chi connectivity index (χ0v) is 42.2. The summed E-state index contributed by atoms with van der Waals surface area (Å²) < 4.78 is 35.3. The van der Waals surface area contributed by atoms with E-state index in [2.05, 4.69) is 79.5 Å². The molecule has 0 saturated carbocycles. The number of hydrogen-bond donors (Lipinski definition) is 1. The number of ether oxygens (including phenoxy) is 6. The minimum Gasteiger partial charge on any atom is -0.463 e. The summed E-state index contributed by atoms with van der Waals surface area (Å²) in [4.78, 5) is 39.8. The topological polar surface area (TPSA) is 161 Å². The maximum absolute atomic E-state index is 12.7. The molecular weight excluding hydrogens is 821 g/mol. The smallest absolute Gasteiger partial charge is 0.309 e. The predicted octanol–water partition coefficient (Wildman–Crippen LogP) is 7.82. The van der Waals surface area contributed by atoms with Crippen LogP contribution in [0.3, 0.4) is 0 Å². The third-order valence-electron chi connectivity index (χ3n) is 9.60. The van der Waals surface area contributed by atoms with Gasteiger partial charge >= 0.3 is 17.9 Å².